The predicted molar refractivity (Wildman–Crippen MR) is 91.0 cm³/mol. The zero-order chi connectivity index (χ0) is 15.4. The van der Waals surface area contributed by atoms with Gasteiger partial charge in [-0.2, -0.15) is 5.10 Å². The molecule has 0 atom stereocenters. The average Bonchev–Trinajstić information content (AvgIpc) is 2.55. The van der Waals surface area contributed by atoms with Gasteiger partial charge in [-0.3, -0.25) is 10.4 Å². The SMILES string of the molecule is COc1cccc(C=NNc2ccnc3cc(Cl)ccc23)c1. The molecule has 0 bridgehead atoms. The Morgan fingerprint density at radius 2 is 2.09 bits per heavy atom. The van der Waals surface area contributed by atoms with Crippen molar-refractivity contribution >= 4 is 34.4 Å². The summed E-state index contributed by atoms with van der Waals surface area (Å²) in [4.78, 5) is 4.30. The minimum atomic E-state index is 0.664. The third kappa shape index (κ3) is 3.18. The molecule has 0 amide bonds. The van der Waals surface area contributed by atoms with Crippen molar-refractivity contribution in [1.29, 1.82) is 0 Å². The summed E-state index contributed by atoms with van der Waals surface area (Å²) in [5, 5.41) is 5.90. The van der Waals surface area contributed by atoms with Gasteiger partial charge in [-0.15, -0.1) is 0 Å². The van der Waals surface area contributed by atoms with Gasteiger partial charge in [0.2, 0.25) is 0 Å². The normalized spacial score (nSPS) is 11.0. The average molecular weight is 312 g/mol. The largest absolute Gasteiger partial charge is 0.497 e. The summed E-state index contributed by atoms with van der Waals surface area (Å²) < 4.78 is 5.19. The van der Waals surface area contributed by atoms with Crippen molar-refractivity contribution in [3.05, 3.63) is 65.3 Å². The van der Waals surface area contributed by atoms with Gasteiger partial charge in [0, 0.05) is 16.6 Å². The first-order chi connectivity index (χ1) is 10.8. The van der Waals surface area contributed by atoms with E-state index in [2.05, 4.69) is 15.5 Å². The lowest BCUT2D eigenvalue weighted by Crippen LogP contribution is -1.93. The van der Waals surface area contributed by atoms with E-state index in [1.807, 2.05) is 48.5 Å². The molecule has 0 aliphatic rings. The second-order valence-electron chi connectivity index (χ2n) is 4.67. The first kappa shape index (κ1) is 14.4. The van der Waals surface area contributed by atoms with Gasteiger partial charge in [-0.05, 0) is 42.0 Å². The quantitative estimate of drug-likeness (QED) is 0.576. The second kappa shape index (κ2) is 6.45. The summed E-state index contributed by atoms with van der Waals surface area (Å²) in [5.41, 5.74) is 5.69. The number of anilines is 1. The number of benzene rings is 2. The maximum Gasteiger partial charge on any atom is 0.119 e. The standard InChI is InChI=1S/C17H14ClN3O/c1-22-14-4-2-3-12(9-14)11-20-21-16-7-8-19-17-10-13(18)5-6-15(16)17/h2-11H,1H3,(H,19,21). The number of methoxy groups -OCH3 is 1. The zero-order valence-electron chi connectivity index (χ0n) is 12.0. The molecule has 0 aliphatic carbocycles. The Hall–Kier alpha value is -2.59. The molecule has 3 aromatic rings. The van der Waals surface area contributed by atoms with Gasteiger partial charge in [0.05, 0.1) is 24.5 Å². The maximum atomic E-state index is 5.98. The van der Waals surface area contributed by atoms with Crippen LogP contribution >= 0.6 is 11.6 Å². The van der Waals surface area contributed by atoms with E-state index in [1.54, 1.807) is 19.5 Å². The highest BCUT2D eigenvalue weighted by atomic mass is 35.5. The van der Waals surface area contributed by atoms with Crippen molar-refractivity contribution in [3.63, 3.8) is 0 Å². The van der Waals surface area contributed by atoms with Crippen LogP contribution in [-0.4, -0.2) is 18.3 Å². The van der Waals surface area contributed by atoms with Gasteiger partial charge in [0.1, 0.15) is 5.75 Å². The van der Waals surface area contributed by atoms with E-state index in [9.17, 15) is 0 Å². The van der Waals surface area contributed by atoms with Crippen LogP contribution < -0.4 is 10.2 Å². The molecule has 0 aliphatic heterocycles. The molecule has 2 aromatic carbocycles. The van der Waals surface area contributed by atoms with Crippen molar-refractivity contribution < 1.29 is 4.74 Å². The van der Waals surface area contributed by atoms with Gasteiger partial charge in [0.15, 0.2) is 0 Å². The monoisotopic (exact) mass is 311 g/mol. The second-order valence-corrected chi connectivity index (χ2v) is 5.10. The molecule has 0 fully saturated rings. The van der Waals surface area contributed by atoms with Crippen molar-refractivity contribution in [2.45, 2.75) is 0 Å². The summed E-state index contributed by atoms with van der Waals surface area (Å²) >= 11 is 5.98. The fourth-order valence-corrected chi connectivity index (χ4v) is 2.28. The summed E-state index contributed by atoms with van der Waals surface area (Å²) in [5.74, 6) is 0.799. The third-order valence-corrected chi connectivity index (χ3v) is 3.43. The predicted octanol–water partition coefficient (Wildman–Crippen LogP) is 4.34. The van der Waals surface area contributed by atoms with Crippen LogP contribution in [0.3, 0.4) is 0 Å². The van der Waals surface area contributed by atoms with E-state index < -0.39 is 0 Å². The third-order valence-electron chi connectivity index (χ3n) is 3.20. The molecule has 0 spiro atoms. The van der Waals surface area contributed by atoms with Crippen LogP contribution in [0.15, 0.2) is 59.8 Å². The topological polar surface area (TPSA) is 46.5 Å². The Morgan fingerprint density at radius 3 is 2.95 bits per heavy atom. The number of rotatable bonds is 4. The molecule has 1 heterocycles. The number of aromatic nitrogens is 1. The number of hydrogen-bond acceptors (Lipinski definition) is 4. The van der Waals surface area contributed by atoms with E-state index in [4.69, 9.17) is 16.3 Å². The number of hydrazone groups is 1. The summed E-state index contributed by atoms with van der Waals surface area (Å²) in [6.07, 6.45) is 3.47. The molecular weight excluding hydrogens is 298 g/mol. The van der Waals surface area contributed by atoms with E-state index in [0.717, 1.165) is 27.9 Å². The highest BCUT2D eigenvalue weighted by Crippen LogP contribution is 2.24. The number of nitrogens with one attached hydrogen (secondary N) is 1. The van der Waals surface area contributed by atoms with Crippen LogP contribution in [0.25, 0.3) is 10.9 Å². The lowest BCUT2D eigenvalue weighted by molar-refractivity contribution is 0.415. The maximum absolute atomic E-state index is 5.98. The Bertz CT molecular complexity index is 833. The van der Waals surface area contributed by atoms with E-state index in [0.29, 0.717) is 5.02 Å². The first-order valence-corrected chi connectivity index (χ1v) is 7.11. The van der Waals surface area contributed by atoms with Crippen molar-refractivity contribution in [2.75, 3.05) is 12.5 Å². The Labute approximate surface area is 133 Å². The van der Waals surface area contributed by atoms with E-state index in [1.165, 1.54) is 0 Å². The summed E-state index contributed by atoms with van der Waals surface area (Å²) in [6.45, 7) is 0. The molecule has 3 rings (SSSR count). The molecule has 0 saturated carbocycles. The fraction of sp³-hybridized carbons (Fsp3) is 0.0588. The van der Waals surface area contributed by atoms with Gasteiger partial charge >= 0.3 is 0 Å². The molecule has 0 radical (unpaired) electrons. The summed E-state index contributed by atoms with van der Waals surface area (Å²) in [7, 11) is 1.64. The molecule has 1 aromatic heterocycles. The Kier molecular flexibility index (Phi) is 4.21. The minimum absolute atomic E-state index is 0.664. The molecular formula is C17H14ClN3O. The van der Waals surface area contributed by atoms with Crippen LogP contribution in [0.1, 0.15) is 5.56 Å². The number of fused-ring (bicyclic) bond motifs is 1. The van der Waals surface area contributed by atoms with E-state index >= 15 is 0 Å². The summed E-state index contributed by atoms with van der Waals surface area (Å²) in [6, 6.07) is 15.1. The van der Waals surface area contributed by atoms with Gasteiger partial charge in [-0.25, -0.2) is 0 Å². The molecule has 110 valence electrons. The van der Waals surface area contributed by atoms with Crippen LogP contribution in [0.5, 0.6) is 5.75 Å². The number of pyridine rings is 1. The van der Waals surface area contributed by atoms with Crippen LogP contribution in [0.2, 0.25) is 5.02 Å². The smallest absolute Gasteiger partial charge is 0.119 e. The van der Waals surface area contributed by atoms with Crippen LogP contribution in [0.4, 0.5) is 5.69 Å². The first-order valence-electron chi connectivity index (χ1n) is 6.74. The van der Waals surface area contributed by atoms with Crippen molar-refractivity contribution in [1.82, 2.24) is 4.98 Å². The number of hydrogen-bond donors (Lipinski definition) is 1. The Balaban J connectivity index is 1.83. The Morgan fingerprint density at radius 1 is 1.18 bits per heavy atom. The molecule has 0 unspecified atom stereocenters. The van der Waals surface area contributed by atoms with Gasteiger partial charge < -0.3 is 4.74 Å². The number of nitrogens with zero attached hydrogens (tertiary/aromatic N) is 2. The highest BCUT2D eigenvalue weighted by Gasteiger charge is 2.01. The van der Waals surface area contributed by atoms with Gasteiger partial charge in [0.25, 0.3) is 0 Å². The lowest BCUT2D eigenvalue weighted by Gasteiger charge is -2.05. The van der Waals surface area contributed by atoms with Crippen LogP contribution in [0, 0.1) is 0 Å². The number of ether oxygens (including phenoxy) is 1. The van der Waals surface area contributed by atoms with Gasteiger partial charge in [-0.1, -0.05) is 23.7 Å². The molecule has 5 heteroatoms. The molecule has 0 saturated heterocycles. The number of halogens is 1. The highest BCUT2D eigenvalue weighted by molar-refractivity contribution is 6.31. The lowest BCUT2D eigenvalue weighted by atomic mass is 10.2. The van der Waals surface area contributed by atoms with Crippen molar-refractivity contribution in [3.8, 4) is 5.75 Å². The zero-order valence-corrected chi connectivity index (χ0v) is 12.7. The van der Waals surface area contributed by atoms with Crippen molar-refractivity contribution in [2.24, 2.45) is 5.10 Å². The van der Waals surface area contributed by atoms with Crippen LogP contribution in [-0.2, 0) is 0 Å². The fourth-order valence-electron chi connectivity index (χ4n) is 2.12. The molecule has 22 heavy (non-hydrogen) atoms. The molecule has 1 N–H and O–H groups in total. The van der Waals surface area contributed by atoms with E-state index in [-0.39, 0.29) is 0 Å². The molecule has 4 nitrogen and oxygen atoms in total. The minimum Gasteiger partial charge on any atom is -0.497 e.